The summed E-state index contributed by atoms with van der Waals surface area (Å²) in [6, 6.07) is 7.61. The molecule has 2 N–H and O–H groups in total. The zero-order valence-corrected chi connectivity index (χ0v) is 7.93. The monoisotopic (exact) mass is 192 g/mol. The van der Waals surface area contributed by atoms with Crippen molar-refractivity contribution in [1.82, 2.24) is 0 Å². The number of hydrazine groups is 1. The van der Waals surface area contributed by atoms with E-state index in [1.54, 1.807) is 5.01 Å². The van der Waals surface area contributed by atoms with Gasteiger partial charge in [0.15, 0.2) is 0 Å². The molecule has 1 heterocycles. The number of carbonyl (C=O) groups is 1. The maximum absolute atomic E-state index is 11.4. The fraction of sp³-hybridized carbons (Fsp3) is 0.300. The molecule has 0 radical (unpaired) electrons. The minimum atomic E-state index is -0.249. The van der Waals surface area contributed by atoms with Crippen LogP contribution < -0.4 is 10.9 Å². The van der Waals surface area contributed by atoms with E-state index in [2.05, 4.69) is 0 Å². The molecule has 0 fully saturated rings. The van der Waals surface area contributed by atoms with E-state index in [0.29, 0.717) is 6.54 Å². The van der Waals surface area contributed by atoms with Gasteiger partial charge in [-0.05, 0) is 11.6 Å². The molecule has 1 unspecified atom stereocenters. The molecule has 1 aliphatic heterocycles. The zero-order chi connectivity index (χ0) is 10.1. The molecule has 2 rings (SSSR count). The van der Waals surface area contributed by atoms with Gasteiger partial charge in [-0.25, -0.2) is 5.84 Å². The van der Waals surface area contributed by atoms with E-state index < -0.39 is 0 Å². The molecule has 0 aromatic heterocycles. The van der Waals surface area contributed by atoms with Crippen LogP contribution in [0.2, 0.25) is 0 Å². The van der Waals surface area contributed by atoms with E-state index in [-0.39, 0.29) is 11.9 Å². The molecular weight excluding hydrogens is 180 g/mol. The summed E-state index contributed by atoms with van der Waals surface area (Å²) in [5.74, 6) is 5.27. The molecule has 0 saturated heterocycles. The number of carbonyl (C=O) groups excluding carboxylic acids is 1. The van der Waals surface area contributed by atoms with Crippen LogP contribution in [0.3, 0.4) is 0 Å². The lowest BCUT2D eigenvalue weighted by Crippen LogP contribution is -2.31. The van der Waals surface area contributed by atoms with Crippen molar-refractivity contribution < 1.29 is 9.53 Å². The first-order chi connectivity index (χ1) is 6.74. The molecule has 0 amide bonds. The van der Waals surface area contributed by atoms with E-state index in [1.165, 1.54) is 7.11 Å². The Morgan fingerprint density at radius 2 is 2.29 bits per heavy atom. The molecule has 0 spiro atoms. The number of anilines is 1. The number of methoxy groups -OCH3 is 1. The summed E-state index contributed by atoms with van der Waals surface area (Å²) in [4.78, 5) is 11.4. The highest BCUT2D eigenvalue weighted by atomic mass is 16.5. The average Bonchev–Trinajstić information content (AvgIpc) is 2.56. The van der Waals surface area contributed by atoms with Gasteiger partial charge in [-0.1, -0.05) is 18.2 Å². The summed E-state index contributed by atoms with van der Waals surface area (Å²) in [5.41, 5.74) is 1.85. The maximum Gasteiger partial charge on any atom is 0.315 e. The van der Waals surface area contributed by atoms with Crippen LogP contribution in [0.1, 0.15) is 11.5 Å². The smallest absolute Gasteiger partial charge is 0.315 e. The third-order valence-electron chi connectivity index (χ3n) is 2.49. The topological polar surface area (TPSA) is 55.6 Å². The van der Waals surface area contributed by atoms with Gasteiger partial charge in [0.05, 0.1) is 19.3 Å². The Morgan fingerprint density at radius 1 is 1.57 bits per heavy atom. The minimum absolute atomic E-state index is 0.231. The van der Waals surface area contributed by atoms with Crippen molar-refractivity contribution in [3.05, 3.63) is 29.8 Å². The quantitative estimate of drug-likeness (QED) is 0.524. The third kappa shape index (κ3) is 1.24. The molecule has 1 aromatic carbocycles. The second-order valence-corrected chi connectivity index (χ2v) is 3.29. The van der Waals surface area contributed by atoms with Crippen molar-refractivity contribution in [2.24, 2.45) is 5.84 Å². The number of fused-ring (bicyclic) bond motifs is 1. The van der Waals surface area contributed by atoms with Gasteiger partial charge in [0.25, 0.3) is 0 Å². The molecule has 1 aliphatic rings. The van der Waals surface area contributed by atoms with E-state index >= 15 is 0 Å². The second-order valence-electron chi connectivity index (χ2n) is 3.29. The van der Waals surface area contributed by atoms with Gasteiger partial charge in [0.2, 0.25) is 0 Å². The summed E-state index contributed by atoms with van der Waals surface area (Å²) in [5, 5.41) is 1.58. The van der Waals surface area contributed by atoms with E-state index in [0.717, 1.165) is 11.3 Å². The summed E-state index contributed by atoms with van der Waals surface area (Å²) in [6.07, 6.45) is 0. The van der Waals surface area contributed by atoms with Crippen molar-refractivity contribution >= 4 is 11.7 Å². The van der Waals surface area contributed by atoms with Crippen LogP contribution in [0.15, 0.2) is 24.3 Å². The van der Waals surface area contributed by atoms with Crippen molar-refractivity contribution in [3.8, 4) is 0 Å². The minimum Gasteiger partial charge on any atom is -0.468 e. The largest absolute Gasteiger partial charge is 0.468 e. The van der Waals surface area contributed by atoms with E-state index in [1.807, 2.05) is 24.3 Å². The van der Waals surface area contributed by atoms with Crippen molar-refractivity contribution in [3.63, 3.8) is 0 Å². The Kier molecular flexibility index (Phi) is 2.13. The number of nitrogens with zero attached hydrogens (tertiary/aromatic N) is 1. The average molecular weight is 192 g/mol. The molecule has 0 bridgehead atoms. The highest BCUT2D eigenvalue weighted by Gasteiger charge is 2.32. The van der Waals surface area contributed by atoms with Crippen LogP contribution in [0.4, 0.5) is 5.69 Å². The highest BCUT2D eigenvalue weighted by Crippen LogP contribution is 2.34. The summed E-state index contributed by atoms with van der Waals surface area (Å²) in [6.45, 7) is 0.492. The van der Waals surface area contributed by atoms with Gasteiger partial charge in [0, 0.05) is 0 Å². The SMILES string of the molecule is COC(=O)C1CN(N)c2ccccc21. The third-order valence-corrected chi connectivity index (χ3v) is 2.49. The van der Waals surface area contributed by atoms with Gasteiger partial charge in [-0.15, -0.1) is 0 Å². The Morgan fingerprint density at radius 3 is 3.00 bits per heavy atom. The van der Waals surface area contributed by atoms with Gasteiger partial charge in [-0.2, -0.15) is 0 Å². The number of nitrogens with two attached hydrogens (primary N) is 1. The second kappa shape index (κ2) is 3.31. The van der Waals surface area contributed by atoms with Crippen LogP contribution in [0.25, 0.3) is 0 Å². The first kappa shape index (κ1) is 9.02. The number of hydrogen-bond donors (Lipinski definition) is 1. The predicted octanol–water partition coefficient (Wildman–Crippen LogP) is 0.637. The number of rotatable bonds is 1. The predicted molar refractivity (Wildman–Crippen MR) is 52.7 cm³/mol. The fourth-order valence-electron chi connectivity index (χ4n) is 1.78. The number of ether oxygens (including phenoxy) is 1. The molecule has 0 aliphatic carbocycles. The number of para-hydroxylation sites is 1. The lowest BCUT2D eigenvalue weighted by Gasteiger charge is -2.10. The van der Waals surface area contributed by atoms with Crippen LogP contribution in [-0.2, 0) is 9.53 Å². The molecule has 0 saturated carbocycles. The number of esters is 1. The van der Waals surface area contributed by atoms with Crippen molar-refractivity contribution in [2.45, 2.75) is 5.92 Å². The summed E-state index contributed by atoms with van der Waals surface area (Å²) >= 11 is 0. The van der Waals surface area contributed by atoms with Crippen molar-refractivity contribution in [1.29, 1.82) is 0 Å². The van der Waals surface area contributed by atoms with Gasteiger partial charge < -0.3 is 9.75 Å². The van der Waals surface area contributed by atoms with Gasteiger partial charge in [0.1, 0.15) is 5.92 Å². The molecule has 74 valence electrons. The Balaban J connectivity index is 2.39. The molecule has 1 aromatic rings. The van der Waals surface area contributed by atoms with E-state index in [9.17, 15) is 4.79 Å². The lowest BCUT2D eigenvalue weighted by atomic mass is 10.0. The normalized spacial score (nSPS) is 19.3. The Bertz CT molecular complexity index is 365. The Hall–Kier alpha value is -1.55. The van der Waals surface area contributed by atoms with Crippen LogP contribution in [0, 0.1) is 0 Å². The zero-order valence-electron chi connectivity index (χ0n) is 7.93. The van der Waals surface area contributed by atoms with Crippen LogP contribution in [0.5, 0.6) is 0 Å². The summed E-state index contributed by atoms with van der Waals surface area (Å²) in [7, 11) is 1.39. The lowest BCUT2D eigenvalue weighted by molar-refractivity contribution is -0.142. The molecule has 14 heavy (non-hydrogen) atoms. The fourth-order valence-corrected chi connectivity index (χ4v) is 1.78. The highest BCUT2D eigenvalue weighted by molar-refractivity contribution is 5.84. The van der Waals surface area contributed by atoms with Gasteiger partial charge in [-0.3, -0.25) is 4.79 Å². The van der Waals surface area contributed by atoms with E-state index in [4.69, 9.17) is 10.6 Å². The first-order valence-electron chi connectivity index (χ1n) is 4.43. The van der Waals surface area contributed by atoms with Gasteiger partial charge >= 0.3 is 5.97 Å². The van der Waals surface area contributed by atoms with Crippen LogP contribution in [-0.4, -0.2) is 19.6 Å². The Labute approximate surface area is 82.2 Å². The maximum atomic E-state index is 11.4. The number of benzene rings is 1. The summed E-state index contributed by atoms with van der Waals surface area (Å²) < 4.78 is 4.72. The standard InChI is InChI=1S/C10H12N2O2/c1-14-10(13)8-6-12(11)9-5-3-2-4-7(8)9/h2-5,8H,6,11H2,1H3. The molecule has 4 nitrogen and oxygen atoms in total. The first-order valence-corrected chi connectivity index (χ1v) is 4.43. The van der Waals surface area contributed by atoms with Crippen LogP contribution >= 0.6 is 0 Å². The number of hydrogen-bond acceptors (Lipinski definition) is 4. The molecular formula is C10H12N2O2. The van der Waals surface area contributed by atoms with Crippen molar-refractivity contribution in [2.75, 3.05) is 18.7 Å². The molecule has 4 heteroatoms. The molecule has 1 atom stereocenters.